The van der Waals surface area contributed by atoms with E-state index in [1.807, 2.05) is 58.9 Å². The SMILES string of the molecule is CCc1nc(C)oc1Nc1nc2cc(C(N)=O)cc(OCCCN3CCOCC3)c2n1C/C=C/Cn1c(Nc2cc(C)nn2CC)nc2cc(C(N)=O)ccc21. The Bertz CT molecular complexity index is 2400. The molecule has 2 amide bonds. The number of morpholine rings is 1. The van der Waals surface area contributed by atoms with Crippen LogP contribution in [-0.2, 0) is 30.8 Å². The third-order valence-corrected chi connectivity index (χ3v) is 9.65. The van der Waals surface area contributed by atoms with Crippen molar-refractivity contribution in [1.29, 1.82) is 0 Å². The van der Waals surface area contributed by atoms with Gasteiger partial charge >= 0.3 is 0 Å². The Balaban J connectivity index is 1.22. The van der Waals surface area contributed by atoms with Crippen molar-refractivity contribution < 1.29 is 23.5 Å². The van der Waals surface area contributed by atoms with Crippen molar-refractivity contribution in [2.75, 3.05) is 50.1 Å². The van der Waals surface area contributed by atoms with E-state index in [4.69, 9.17) is 35.3 Å². The summed E-state index contributed by atoms with van der Waals surface area (Å²) in [5.41, 5.74) is 16.4. The molecule has 17 heteroatoms. The summed E-state index contributed by atoms with van der Waals surface area (Å²) < 4.78 is 23.7. The van der Waals surface area contributed by atoms with Crippen molar-refractivity contribution in [3.63, 3.8) is 0 Å². The molecule has 56 heavy (non-hydrogen) atoms. The zero-order chi connectivity index (χ0) is 39.3. The number of primary amides is 2. The van der Waals surface area contributed by atoms with Crippen LogP contribution in [0.4, 0.5) is 23.6 Å². The summed E-state index contributed by atoms with van der Waals surface area (Å²) in [6.45, 7) is 13.8. The second kappa shape index (κ2) is 16.7. The molecule has 2 aromatic carbocycles. The van der Waals surface area contributed by atoms with Crippen LogP contribution in [0, 0.1) is 13.8 Å². The van der Waals surface area contributed by atoms with Crippen LogP contribution in [0.15, 0.2) is 53.0 Å². The lowest BCUT2D eigenvalue weighted by Gasteiger charge is -2.26. The first-order valence-corrected chi connectivity index (χ1v) is 18.9. The molecule has 1 fully saturated rings. The molecule has 0 atom stereocenters. The number of aryl methyl sites for hydroxylation is 4. The molecule has 1 aliphatic heterocycles. The molecule has 0 bridgehead atoms. The highest BCUT2D eigenvalue weighted by Gasteiger charge is 2.21. The Morgan fingerprint density at radius 3 is 2.34 bits per heavy atom. The van der Waals surface area contributed by atoms with Gasteiger partial charge in [-0.2, -0.15) is 5.10 Å². The summed E-state index contributed by atoms with van der Waals surface area (Å²) in [5.74, 6) is 2.27. The second-order valence-corrected chi connectivity index (χ2v) is 13.6. The molecule has 1 saturated heterocycles. The number of hydrogen-bond acceptors (Lipinski definition) is 12. The van der Waals surface area contributed by atoms with Crippen molar-refractivity contribution in [3.8, 4) is 5.75 Å². The summed E-state index contributed by atoms with van der Waals surface area (Å²) in [5, 5.41) is 11.4. The third kappa shape index (κ3) is 8.23. The summed E-state index contributed by atoms with van der Waals surface area (Å²) in [6, 6.07) is 10.6. The maximum absolute atomic E-state index is 12.5. The number of rotatable bonds is 17. The molecule has 294 valence electrons. The first-order valence-electron chi connectivity index (χ1n) is 18.9. The quantitative estimate of drug-likeness (QED) is 0.0728. The van der Waals surface area contributed by atoms with Crippen LogP contribution < -0.4 is 26.8 Å². The number of nitrogens with zero attached hydrogens (tertiary/aromatic N) is 8. The molecule has 0 unspecified atom stereocenters. The number of nitrogens with two attached hydrogens (primary N) is 2. The van der Waals surface area contributed by atoms with Crippen molar-refractivity contribution in [3.05, 3.63) is 77.0 Å². The van der Waals surface area contributed by atoms with Gasteiger partial charge in [-0.1, -0.05) is 19.1 Å². The van der Waals surface area contributed by atoms with Crippen LogP contribution in [0.1, 0.15) is 58.3 Å². The Labute approximate surface area is 323 Å². The number of oxazole rings is 1. The van der Waals surface area contributed by atoms with Crippen molar-refractivity contribution in [2.45, 2.75) is 60.2 Å². The Kier molecular flexibility index (Phi) is 11.3. The van der Waals surface area contributed by atoms with Crippen LogP contribution >= 0.6 is 0 Å². The lowest BCUT2D eigenvalue weighted by atomic mass is 10.1. The fourth-order valence-corrected chi connectivity index (χ4v) is 6.88. The van der Waals surface area contributed by atoms with Crippen molar-refractivity contribution in [2.24, 2.45) is 11.5 Å². The molecule has 5 heterocycles. The number of nitrogens with one attached hydrogen (secondary N) is 2. The molecule has 0 saturated carbocycles. The number of hydrogen-bond donors (Lipinski definition) is 4. The Morgan fingerprint density at radius 1 is 0.893 bits per heavy atom. The van der Waals surface area contributed by atoms with E-state index < -0.39 is 11.8 Å². The number of ether oxygens (including phenoxy) is 2. The molecule has 1 aliphatic rings. The lowest BCUT2D eigenvalue weighted by molar-refractivity contribution is 0.0358. The smallest absolute Gasteiger partial charge is 0.248 e. The van der Waals surface area contributed by atoms with Crippen LogP contribution in [0.3, 0.4) is 0 Å². The van der Waals surface area contributed by atoms with Gasteiger partial charge in [0.25, 0.3) is 0 Å². The minimum absolute atomic E-state index is 0.295. The molecule has 4 aromatic heterocycles. The van der Waals surface area contributed by atoms with Crippen LogP contribution in [0.5, 0.6) is 5.75 Å². The van der Waals surface area contributed by atoms with E-state index in [2.05, 4.69) is 25.6 Å². The van der Waals surface area contributed by atoms with Gasteiger partial charge in [-0.15, -0.1) is 0 Å². The number of benzene rings is 2. The van der Waals surface area contributed by atoms with E-state index in [9.17, 15) is 9.59 Å². The predicted molar refractivity (Wildman–Crippen MR) is 213 cm³/mol. The summed E-state index contributed by atoms with van der Waals surface area (Å²) >= 11 is 0. The molecule has 6 N–H and O–H groups in total. The highest BCUT2D eigenvalue weighted by atomic mass is 16.5. The largest absolute Gasteiger partial charge is 0.491 e. The van der Waals surface area contributed by atoms with E-state index in [0.29, 0.717) is 89.8 Å². The third-order valence-electron chi connectivity index (χ3n) is 9.65. The minimum atomic E-state index is -0.579. The molecule has 6 aromatic rings. The maximum Gasteiger partial charge on any atom is 0.248 e. The predicted octanol–water partition coefficient (Wildman–Crippen LogP) is 4.81. The zero-order valence-corrected chi connectivity index (χ0v) is 32.2. The average molecular weight is 765 g/mol. The Hall–Kier alpha value is -6.20. The molecule has 0 spiro atoms. The van der Waals surface area contributed by atoms with Gasteiger partial charge in [-0.3, -0.25) is 19.8 Å². The van der Waals surface area contributed by atoms with E-state index in [1.165, 1.54) is 0 Å². The Morgan fingerprint density at radius 2 is 1.61 bits per heavy atom. The normalized spacial score (nSPS) is 13.6. The highest BCUT2D eigenvalue weighted by molar-refractivity contribution is 5.99. The fourth-order valence-electron chi connectivity index (χ4n) is 6.88. The number of amides is 2. The fraction of sp³-hybridized carbons (Fsp3) is 0.385. The molecule has 7 rings (SSSR count). The second-order valence-electron chi connectivity index (χ2n) is 13.6. The van der Waals surface area contributed by atoms with Gasteiger partial charge in [-0.25, -0.2) is 19.6 Å². The molecule has 0 aliphatic carbocycles. The lowest BCUT2D eigenvalue weighted by Crippen LogP contribution is -2.37. The number of aromatic nitrogens is 7. The number of allylic oxidation sites excluding steroid dienone is 2. The first kappa shape index (κ1) is 38.1. The summed E-state index contributed by atoms with van der Waals surface area (Å²) in [7, 11) is 0. The summed E-state index contributed by atoms with van der Waals surface area (Å²) in [6.07, 6.45) is 5.49. The first-order chi connectivity index (χ1) is 27.1. The van der Waals surface area contributed by atoms with E-state index >= 15 is 0 Å². The maximum atomic E-state index is 12.5. The van der Waals surface area contributed by atoms with Gasteiger partial charge in [0.05, 0.1) is 42.1 Å². The van der Waals surface area contributed by atoms with E-state index in [0.717, 1.165) is 62.0 Å². The number of carbonyl (C=O) groups is 2. The minimum Gasteiger partial charge on any atom is -0.491 e. The monoisotopic (exact) mass is 764 g/mol. The summed E-state index contributed by atoms with van der Waals surface area (Å²) in [4.78, 5) is 41.1. The van der Waals surface area contributed by atoms with Crippen molar-refractivity contribution in [1.82, 2.24) is 38.8 Å². The van der Waals surface area contributed by atoms with Crippen LogP contribution in [-0.4, -0.2) is 90.0 Å². The molecule has 17 nitrogen and oxygen atoms in total. The van der Waals surface area contributed by atoms with Gasteiger partial charge in [0.15, 0.2) is 5.89 Å². The van der Waals surface area contributed by atoms with Gasteiger partial charge in [0.2, 0.25) is 29.6 Å². The number of carbonyl (C=O) groups excluding carboxylic acids is 2. The van der Waals surface area contributed by atoms with E-state index in [1.54, 1.807) is 31.2 Å². The molecule has 0 radical (unpaired) electrons. The number of imidazole rings is 2. The van der Waals surface area contributed by atoms with Gasteiger partial charge in [-0.05, 0) is 57.0 Å². The van der Waals surface area contributed by atoms with Crippen LogP contribution in [0.25, 0.3) is 22.1 Å². The number of fused-ring (bicyclic) bond motifs is 2. The molecular weight excluding hydrogens is 717 g/mol. The topological polar surface area (TPSA) is 211 Å². The van der Waals surface area contributed by atoms with Gasteiger partial charge < -0.3 is 39.8 Å². The van der Waals surface area contributed by atoms with Crippen LogP contribution in [0.2, 0.25) is 0 Å². The molecular formula is C39H48N12O5. The van der Waals surface area contributed by atoms with E-state index in [-0.39, 0.29) is 0 Å². The standard InChI is InChI=1S/C39H48N12O5/c1-5-28-37(56-25(4)42-28)46-39-44-30-22-27(36(41)53)23-32(55-17-9-12-48-15-18-54-19-16-48)34(30)50(39)14-8-7-13-49-31-11-10-26(35(40)52)21-29(31)43-38(49)45-33-20-24(3)47-51(33)6-2/h7-8,10-11,20-23H,5-6,9,12-19H2,1-4H3,(H2,40,52)(H2,41,53)(H,43,45)(H,44,46)/b8-7+. The van der Waals surface area contributed by atoms with Gasteiger partial charge in [0, 0.05) is 63.4 Å². The van der Waals surface area contributed by atoms with Gasteiger partial charge in [0.1, 0.15) is 22.8 Å². The zero-order valence-electron chi connectivity index (χ0n) is 32.2. The highest BCUT2D eigenvalue weighted by Crippen LogP contribution is 2.33. The number of anilines is 4. The van der Waals surface area contributed by atoms with Crippen molar-refractivity contribution >= 4 is 57.5 Å². The average Bonchev–Trinajstić information content (AvgIpc) is 3.93.